The Kier molecular flexibility index (Phi) is 5.66. The van der Waals surface area contributed by atoms with Gasteiger partial charge in [0.2, 0.25) is 10.0 Å². The minimum absolute atomic E-state index is 0.0302. The number of anilines is 2. The van der Waals surface area contributed by atoms with Crippen molar-refractivity contribution in [3.63, 3.8) is 0 Å². The van der Waals surface area contributed by atoms with Gasteiger partial charge in [-0.2, -0.15) is 4.31 Å². The molecule has 0 amide bonds. The maximum absolute atomic E-state index is 13.6. The highest BCUT2D eigenvalue weighted by atomic mass is 32.2. The summed E-state index contributed by atoms with van der Waals surface area (Å²) in [5, 5.41) is 0. The molecule has 0 aliphatic carbocycles. The third-order valence-corrected chi connectivity index (χ3v) is 7.34. The van der Waals surface area contributed by atoms with Crippen molar-refractivity contribution >= 4 is 21.7 Å². The Balaban J connectivity index is 1.46. The molecule has 2 aromatic rings. The Bertz CT molecular complexity index is 974. The topological polar surface area (TPSA) is 78.9 Å². The average Bonchev–Trinajstić information content (AvgIpc) is 2.76. The summed E-state index contributed by atoms with van der Waals surface area (Å²) in [4.78, 5) is 13.0. The van der Waals surface area contributed by atoms with Crippen LogP contribution in [0, 0.1) is 12.7 Å². The third-order valence-electron chi connectivity index (χ3n) is 5.30. The second kappa shape index (κ2) is 8.21. The number of nitrogens with zero attached hydrogens (tertiary/aromatic N) is 5. The largest absolute Gasteiger partial charge is 0.378 e. The molecule has 8 nitrogen and oxygen atoms in total. The normalized spacial score (nSPS) is 18.8. The zero-order valence-electron chi connectivity index (χ0n) is 16.3. The molecule has 2 fully saturated rings. The number of halogens is 1. The smallest absolute Gasteiger partial charge is 0.243 e. The molecule has 29 heavy (non-hydrogen) atoms. The Labute approximate surface area is 170 Å². The van der Waals surface area contributed by atoms with Crippen LogP contribution < -0.4 is 9.80 Å². The number of morpholine rings is 1. The van der Waals surface area contributed by atoms with E-state index in [1.807, 2.05) is 6.07 Å². The van der Waals surface area contributed by atoms with Gasteiger partial charge in [-0.05, 0) is 24.6 Å². The summed E-state index contributed by atoms with van der Waals surface area (Å²) in [5.41, 5.74) is 0.541. The van der Waals surface area contributed by atoms with E-state index in [4.69, 9.17) is 4.74 Å². The summed E-state index contributed by atoms with van der Waals surface area (Å²) >= 11 is 0. The van der Waals surface area contributed by atoms with Crippen LogP contribution in [-0.2, 0) is 14.8 Å². The highest BCUT2D eigenvalue weighted by Gasteiger charge is 2.30. The Morgan fingerprint density at radius 2 is 1.55 bits per heavy atom. The van der Waals surface area contributed by atoms with E-state index in [-0.39, 0.29) is 4.90 Å². The molecule has 0 saturated carbocycles. The Morgan fingerprint density at radius 3 is 2.21 bits per heavy atom. The molecule has 3 heterocycles. The quantitative estimate of drug-likeness (QED) is 0.736. The number of hydrogen-bond donors (Lipinski definition) is 0. The van der Waals surface area contributed by atoms with Crippen LogP contribution in [0.15, 0.2) is 35.5 Å². The average molecular weight is 421 g/mol. The van der Waals surface area contributed by atoms with Gasteiger partial charge in [0.25, 0.3) is 0 Å². The van der Waals surface area contributed by atoms with Gasteiger partial charge in [-0.1, -0.05) is 6.07 Å². The first-order valence-electron chi connectivity index (χ1n) is 9.61. The minimum Gasteiger partial charge on any atom is -0.378 e. The van der Waals surface area contributed by atoms with Crippen LogP contribution in [0.2, 0.25) is 0 Å². The zero-order chi connectivity index (χ0) is 20.4. The molecule has 156 valence electrons. The van der Waals surface area contributed by atoms with Crippen LogP contribution in [0.4, 0.5) is 16.0 Å². The zero-order valence-corrected chi connectivity index (χ0v) is 17.1. The summed E-state index contributed by atoms with van der Waals surface area (Å²) in [6.45, 7) is 6.25. The number of hydrogen-bond acceptors (Lipinski definition) is 7. The fourth-order valence-electron chi connectivity index (χ4n) is 3.62. The lowest BCUT2D eigenvalue weighted by Crippen LogP contribution is -2.49. The molecule has 0 radical (unpaired) electrons. The first-order chi connectivity index (χ1) is 13.9. The van der Waals surface area contributed by atoms with Crippen LogP contribution >= 0.6 is 0 Å². The molecule has 0 bridgehead atoms. The van der Waals surface area contributed by atoms with Gasteiger partial charge in [-0.15, -0.1) is 0 Å². The van der Waals surface area contributed by atoms with Crippen molar-refractivity contribution in [1.29, 1.82) is 0 Å². The second-order valence-corrected chi connectivity index (χ2v) is 9.04. The Hall–Kier alpha value is -2.30. The molecule has 0 unspecified atom stereocenters. The third kappa shape index (κ3) is 4.19. The number of rotatable bonds is 4. The lowest BCUT2D eigenvalue weighted by molar-refractivity contribution is 0.122. The molecular weight excluding hydrogens is 397 g/mol. The lowest BCUT2D eigenvalue weighted by Gasteiger charge is -2.35. The van der Waals surface area contributed by atoms with E-state index in [9.17, 15) is 12.8 Å². The molecule has 2 saturated heterocycles. The van der Waals surface area contributed by atoms with Crippen LogP contribution in [0.5, 0.6) is 0 Å². The van der Waals surface area contributed by atoms with Crippen molar-refractivity contribution in [3.8, 4) is 0 Å². The van der Waals surface area contributed by atoms with Crippen LogP contribution in [0.25, 0.3) is 0 Å². The van der Waals surface area contributed by atoms with Crippen molar-refractivity contribution < 1.29 is 17.5 Å². The first kappa shape index (κ1) is 20.0. The van der Waals surface area contributed by atoms with Crippen molar-refractivity contribution in [2.75, 3.05) is 62.3 Å². The fourth-order valence-corrected chi connectivity index (χ4v) is 5.28. The molecular formula is C19H24FN5O3S. The standard InChI is InChI=1S/C19H24FN5O3S/c1-15-2-3-16(20)12-17(15)29(26,27)25-6-4-23(5-7-25)18-13-19(22-14-21-18)24-8-10-28-11-9-24/h2-3,12-14H,4-11H2,1H3. The monoisotopic (exact) mass is 421 g/mol. The number of aryl methyl sites for hydroxylation is 1. The van der Waals surface area contributed by atoms with Crippen LogP contribution in [0.3, 0.4) is 0 Å². The second-order valence-electron chi connectivity index (χ2n) is 7.13. The van der Waals surface area contributed by atoms with Gasteiger partial charge in [0.05, 0.1) is 18.1 Å². The van der Waals surface area contributed by atoms with Crippen molar-refractivity contribution in [2.45, 2.75) is 11.8 Å². The van der Waals surface area contributed by atoms with Gasteiger partial charge in [0.15, 0.2) is 0 Å². The number of sulfonamides is 1. The molecule has 1 aromatic heterocycles. The number of piperazine rings is 1. The van der Waals surface area contributed by atoms with E-state index < -0.39 is 15.8 Å². The van der Waals surface area contributed by atoms with E-state index >= 15 is 0 Å². The fraction of sp³-hybridized carbons (Fsp3) is 0.474. The summed E-state index contributed by atoms with van der Waals surface area (Å²) < 4.78 is 46.3. The van der Waals surface area contributed by atoms with Gasteiger partial charge in [-0.25, -0.2) is 22.8 Å². The van der Waals surface area contributed by atoms with E-state index in [0.29, 0.717) is 45.0 Å². The molecule has 0 spiro atoms. The molecule has 0 N–H and O–H groups in total. The van der Waals surface area contributed by atoms with E-state index in [1.54, 1.807) is 13.3 Å². The van der Waals surface area contributed by atoms with Crippen molar-refractivity contribution in [3.05, 3.63) is 42.0 Å². The van der Waals surface area contributed by atoms with Gasteiger partial charge >= 0.3 is 0 Å². The van der Waals surface area contributed by atoms with Crippen molar-refractivity contribution in [1.82, 2.24) is 14.3 Å². The van der Waals surface area contributed by atoms with Gasteiger partial charge < -0.3 is 14.5 Å². The maximum atomic E-state index is 13.6. The van der Waals surface area contributed by atoms with Gasteiger partial charge in [0, 0.05) is 45.3 Å². The summed E-state index contributed by atoms with van der Waals surface area (Å²) in [6, 6.07) is 5.79. The summed E-state index contributed by atoms with van der Waals surface area (Å²) in [7, 11) is -3.73. The van der Waals surface area contributed by atoms with E-state index in [1.165, 1.54) is 16.4 Å². The first-order valence-corrected chi connectivity index (χ1v) is 11.1. The molecule has 4 rings (SSSR count). The Morgan fingerprint density at radius 1 is 0.931 bits per heavy atom. The maximum Gasteiger partial charge on any atom is 0.243 e. The molecule has 1 aromatic carbocycles. The van der Waals surface area contributed by atoms with E-state index in [2.05, 4.69) is 19.8 Å². The van der Waals surface area contributed by atoms with Crippen LogP contribution in [0.1, 0.15) is 5.56 Å². The van der Waals surface area contributed by atoms with Gasteiger partial charge in [0.1, 0.15) is 23.8 Å². The predicted octanol–water partition coefficient (Wildman–Crippen LogP) is 1.27. The van der Waals surface area contributed by atoms with Crippen molar-refractivity contribution in [2.24, 2.45) is 0 Å². The highest BCUT2D eigenvalue weighted by Crippen LogP contribution is 2.24. The number of aromatic nitrogens is 2. The number of benzene rings is 1. The van der Waals surface area contributed by atoms with Crippen LogP contribution in [-0.4, -0.2) is 75.2 Å². The van der Waals surface area contributed by atoms with Gasteiger partial charge in [-0.3, -0.25) is 0 Å². The lowest BCUT2D eigenvalue weighted by atomic mass is 10.2. The number of ether oxygens (including phenoxy) is 1. The molecule has 0 atom stereocenters. The summed E-state index contributed by atoms with van der Waals surface area (Å²) in [6.07, 6.45) is 1.54. The molecule has 2 aliphatic heterocycles. The highest BCUT2D eigenvalue weighted by molar-refractivity contribution is 7.89. The summed E-state index contributed by atoms with van der Waals surface area (Å²) in [5.74, 6) is 1.08. The molecule has 2 aliphatic rings. The minimum atomic E-state index is -3.73. The SMILES string of the molecule is Cc1ccc(F)cc1S(=O)(=O)N1CCN(c2cc(N3CCOCC3)ncn2)CC1. The predicted molar refractivity (Wildman–Crippen MR) is 107 cm³/mol. The van der Waals surface area contributed by atoms with E-state index in [0.717, 1.165) is 30.8 Å². The molecule has 10 heteroatoms.